The molecule has 0 N–H and O–H groups in total. The summed E-state index contributed by atoms with van der Waals surface area (Å²) in [7, 11) is 0. The zero-order valence-corrected chi connectivity index (χ0v) is 12.4. The van der Waals surface area contributed by atoms with Crippen LogP contribution in [0, 0.1) is 20.2 Å². The van der Waals surface area contributed by atoms with Crippen LogP contribution in [0.2, 0.25) is 0 Å². The number of ether oxygens (including phenoxy) is 1. The highest BCUT2D eigenvalue weighted by Crippen LogP contribution is 2.41. The SMILES string of the molecule is O=[N+]([O-])c1cc2c(c([N+](=O)[O-])c1)C=Cc1cc(Br)ccc1O2. The van der Waals surface area contributed by atoms with Crippen LogP contribution in [-0.2, 0) is 0 Å². The molecule has 7 nitrogen and oxygen atoms in total. The maximum atomic E-state index is 11.2. The molecule has 1 heterocycles. The smallest absolute Gasteiger partial charge is 0.287 e. The van der Waals surface area contributed by atoms with E-state index in [-0.39, 0.29) is 22.7 Å². The van der Waals surface area contributed by atoms with Crippen molar-refractivity contribution in [1.29, 1.82) is 0 Å². The van der Waals surface area contributed by atoms with E-state index < -0.39 is 9.85 Å². The van der Waals surface area contributed by atoms with Crippen molar-refractivity contribution >= 4 is 39.5 Å². The topological polar surface area (TPSA) is 95.5 Å². The second-order valence-corrected chi connectivity index (χ2v) is 5.42. The van der Waals surface area contributed by atoms with Crippen molar-refractivity contribution in [3.05, 3.63) is 66.2 Å². The fourth-order valence-electron chi connectivity index (χ4n) is 2.14. The van der Waals surface area contributed by atoms with Crippen molar-refractivity contribution in [2.75, 3.05) is 0 Å². The summed E-state index contributed by atoms with van der Waals surface area (Å²) >= 11 is 3.33. The quantitative estimate of drug-likeness (QED) is 0.492. The number of nitrogens with zero attached hydrogens (tertiary/aromatic N) is 2. The van der Waals surface area contributed by atoms with E-state index in [0.717, 1.165) is 10.5 Å². The Morgan fingerprint density at radius 3 is 2.41 bits per heavy atom. The number of hydrogen-bond donors (Lipinski definition) is 0. The Labute approximate surface area is 132 Å². The van der Waals surface area contributed by atoms with E-state index in [1.54, 1.807) is 24.3 Å². The van der Waals surface area contributed by atoms with E-state index in [1.165, 1.54) is 12.1 Å². The van der Waals surface area contributed by atoms with Gasteiger partial charge >= 0.3 is 0 Å². The monoisotopic (exact) mass is 362 g/mol. The van der Waals surface area contributed by atoms with Gasteiger partial charge in [-0.15, -0.1) is 0 Å². The maximum absolute atomic E-state index is 11.2. The summed E-state index contributed by atoms with van der Waals surface area (Å²) in [6.07, 6.45) is 3.19. The fourth-order valence-corrected chi connectivity index (χ4v) is 2.52. The summed E-state index contributed by atoms with van der Waals surface area (Å²) in [5.74, 6) is 0.547. The zero-order chi connectivity index (χ0) is 15.9. The van der Waals surface area contributed by atoms with E-state index in [4.69, 9.17) is 4.74 Å². The Morgan fingerprint density at radius 1 is 0.955 bits per heavy atom. The largest absolute Gasteiger partial charge is 0.456 e. The molecular weight excluding hydrogens is 356 g/mol. The summed E-state index contributed by atoms with van der Waals surface area (Å²) < 4.78 is 6.47. The predicted octanol–water partition coefficient (Wildman–Crippen LogP) is 4.54. The molecule has 0 unspecified atom stereocenters. The maximum Gasteiger partial charge on any atom is 0.287 e. The van der Waals surface area contributed by atoms with Gasteiger partial charge in [0.1, 0.15) is 11.5 Å². The molecule has 2 aromatic rings. The van der Waals surface area contributed by atoms with Crippen LogP contribution in [0.4, 0.5) is 11.4 Å². The van der Waals surface area contributed by atoms with Crippen molar-refractivity contribution < 1.29 is 14.6 Å². The van der Waals surface area contributed by atoms with Crippen LogP contribution < -0.4 is 4.74 Å². The molecule has 0 atom stereocenters. The second kappa shape index (κ2) is 5.23. The first-order valence-electron chi connectivity index (χ1n) is 6.08. The summed E-state index contributed by atoms with van der Waals surface area (Å²) in [5.41, 5.74) is 0.150. The highest BCUT2D eigenvalue weighted by molar-refractivity contribution is 9.10. The molecule has 0 bridgehead atoms. The number of non-ortho nitro benzene ring substituents is 1. The van der Waals surface area contributed by atoms with Crippen LogP contribution in [0.3, 0.4) is 0 Å². The van der Waals surface area contributed by atoms with Gasteiger partial charge in [-0.1, -0.05) is 22.0 Å². The van der Waals surface area contributed by atoms with Crippen molar-refractivity contribution in [3.63, 3.8) is 0 Å². The Hall–Kier alpha value is -2.74. The number of halogens is 1. The van der Waals surface area contributed by atoms with Gasteiger partial charge in [0.15, 0.2) is 0 Å². The number of benzene rings is 2. The molecular formula is C14H7BrN2O5. The van der Waals surface area contributed by atoms with Gasteiger partial charge in [0.25, 0.3) is 11.4 Å². The number of hydrogen-bond acceptors (Lipinski definition) is 5. The fraction of sp³-hybridized carbons (Fsp3) is 0. The third-order valence-corrected chi connectivity index (χ3v) is 3.63. The minimum absolute atomic E-state index is 0.0817. The molecule has 1 aliphatic rings. The van der Waals surface area contributed by atoms with Crippen molar-refractivity contribution in [2.24, 2.45) is 0 Å². The molecule has 1 aliphatic heterocycles. The lowest BCUT2D eigenvalue weighted by atomic mass is 10.1. The molecule has 0 radical (unpaired) electrons. The molecule has 3 rings (SSSR count). The number of nitro groups is 2. The second-order valence-electron chi connectivity index (χ2n) is 4.51. The lowest BCUT2D eigenvalue weighted by Crippen LogP contribution is -1.97. The highest BCUT2D eigenvalue weighted by Gasteiger charge is 2.25. The van der Waals surface area contributed by atoms with Gasteiger partial charge in [0.2, 0.25) is 0 Å². The van der Waals surface area contributed by atoms with Gasteiger partial charge in [-0.05, 0) is 24.3 Å². The van der Waals surface area contributed by atoms with Crippen LogP contribution in [0.1, 0.15) is 11.1 Å². The van der Waals surface area contributed by atoms with Crippen LogP contribution >= 0.6 is 15.9 Å². The van der Waals surface area contributed by atoms with E-state index in [9.17, 15) is 20.2 Å². The number of nitro benzene ring substituents is 2. The summed E-state index contributed by atoms with van der Waals surface area (Å²) in [6.45, 7) is 0. The van der Waals surface area contributed by atoms with E-state index >= 15 is 0 Å². The Morgan fingerprint density at radius 2 is 1.73 bits per heavy atom. The van der Waals surface area contributed by atoms with Gasteiger partial charge in [-0.25, -0.2) is 0 Å². The first-order valence-corrected chi connectivity index (χ1v) is 6.87. The minimum atomic E-state index is -0.687. The standard InChI is InChI=1S/C14H7BrN2O5/c15-9-2-4-13-8(5-9)1-3-11-12(17(20)21)6-10(16(18)19)7-14(11)22-13/h1-7H. The Kier molecular flexibility index (Phi) is 3.38. The molecule has 8 heteroatoms. The third-order valence-electron chi connectivity index (χ3n) is 3.13. The summed E-state index contributed by atoms with van der Waals surface area (Å²) in [6, 6.07) is 7.34. The molecule has 0 saturated heterocycles. The normalized spacial score (nSPS) is 11.9. The molecule has 0 saturated carbocycles. The Bertz CT molecular complexity index is 847. The number of rotatable bonds is 2. The van der Waals surface area contributed by atoms with Crippen molar-refractivity contribution in [1.82, 2.24) is 0 Å². The molecule has 0 fully saturated rings. The van der Waals surface area contributed by atoms with Crippen LogP contribution in [0.15, 0.2) is 34.8 Å². The molecule has 0 aliphatic carbocycles. The van der Waals surface area contributed by atoms with E-state index in [0.29, 0.717) is 11.3 Å². The van der Waals surface area contributed by atoms with Crippen LogP contribution in [0.5, 0.6) is 11.5 Å². The predicted molar refractivity (Wildman–Crippen MR) is 82.9 cm³/mol. The van der Waals surface area contributed by atoms with Gasteiger partial charge in [-0.3, -0.25) is 20.2 Å². The molecule has 110 valence electrons. The minimum Gasteiger partial charge on any atom is -0.456 e. The highest BCUT2D eigenvalue weighted by atomic mass is 79.9. The number of fused-ring (bicyclic) bond motifs is 2. The van der Waals surface area contributed by atoms with Gasteiger partial charge in [0.05, 0.1) is 27.5 Å². The van der Waals surface area contributed by atoms with Crippen LogP contribution in [0.25, 0.3) is 12.2 Å². The molecule has 0 amide bonds. The molecule has 2 aromatic carbocycles. The van der Waals surface area contributed by atoms with E-state index in [1.807, 2.05) is 0 Å². The summed E-state index contributed by atoms with van der Waals surface area (Å²) in [4.78, 5) is 20.8. The van der Waals surface area contributed by atoms with Crippen LogP contribution in [-0.4, -0.2) is 9.85 Å². The third kappa shape index (κ3) is 2.44. The molecule has 0 spiro atoms. The first-order chi connectivity index (χ1) is 10.5. The zero-order valence-electron chi connectivity index (χ0n) is 10.9. The lowest BCUT2D eigenvalue weighted by molar-refractivity contribution is -0.394. The lowest BCUT2D eigenvalue weighted by Gasteiger charge is -2.09. The average Bonchev–Trinajstić information content (AvgIpc) is 2.64. The molecule has 22 heavy (non-hydrogen) atoms. The van der Waals surface area contributed by atoms with Crippen molar-refractivity contribution in [2.45, 2.75) is 0 Å². The van der Waals surface area contributed by atoms with Gasteiger partial charge < -0.3 is 4.74 Å². The average molecular weight is 363 g/mol. The Balaban J connectivity index is 2.24. The van der Waals surface area contributed by atoms with E-state index in [2.05, 4.69) is 15.9 Å². The summed E-state index contributed by atoms with van der Waals surface area (Å²) in [5, 5.41) is 22.1. The van der Waals surface area contributed by atoms with Gasteiger partial charge in [-0.2, -0.15) is 0 Å². The van der Waals surface area contributed by atoms with Gasteiger partial charge in [0, 0.05) is 10.0 Å². The first kappa shape index (κ1) is 14.2. The van der Waals surface area contributed by atoms with Crippen molar-refractivity contribution in [3.8, 4) is 11.5 Å². The molecule has 0 aromatic heterocycles.